The number of aryl methyl sites for hydroxylation is 2. The summed E-state index contributed by atoms with van der Waals surface area (Å²) in [4.78, 5) is 29.6. The van der Waals surface area contributed by atoms with Crippen LogP contribution in [-0.4, -0.2) is 33.9 Å². The first-order valence-electron chi connectivity index (χ1n) is 7.55. The molecule has 0 saturated carbocycles. The third kappa shape index (κ3) is 2.70. The largest absolute Gasteiger partial charge is 0.478 e. The maximum absolute atomic E-state index is 12.7. The highest BCUT2D eigenvalue weighted by Crippen LogP contribution is 2.35. The number of aromatic carboxylic acids is 1. The summed E-state index contributed by atoms with van der Waals surface area (Å²) < 4.78 is 0. The summed E-state index contributed by atoms with van der Waals surface area (Å²) in [6.45, 7) is 1.60. The van der Waals surface area contributed by atoms with Crippen molar-refractivity contribution in [2.24, 2.45) is 0 Å². The Hall–Kier alpha value is -2.69. The molecule has 23 heavy (non-hydrogen) atoms. The van der Waals surface area contributed by atoms with Crippen LogP contribution >= 0.6 is 0 Å². The van der Waals surface area contributed by atoms with Crippen molar-refractivity contribution in [2.45, 2.75) is 25.8 Å². The Balaban J connectivity index is 1.86. The van der Waals surface area contributed by atoms with Crippen LogP contribution in [-0.2, 0) is 6.42 Å². The Morgan fingerprint density at radius 3 is 2.65 bits per heavy atom. The number of fused-ring (bicyclic) bond motifs is 1. The van der Waals surface area contributed by atoms with Gasteiger partial charge < -0.3 is 10.0 Å². The van der Waals surface area contributed by atoms with Gasteiger partial charge in [0, 0.05) is 7.05 Å². The number of amides is 1. The molecular weight excluding hydrogens is 292 g/mol. The van der Waals surface area contributed by atoms with Gasteiger partial charge in [-0.15, -0.1) is 0 Å². The van der Waals surface area contributed by atoms with Crippen molar-refractivity contribution in [1.29, 1.82) is 0 Å². The Labute approximate surface area is 134 Å². The van der Waals surface area contributed by atoms with E-state index in [1.165, 1.54) is 23.3 Å². The number of benzene rings is 1. The van der Waals surface area contributed by atoms with Crippen molar-refractivity contribution in [2.75, 3.05) is 7.05 Å². The molecule has 1 atom stereocenters. The predicted molar refractivity (Wildman–Crippen MR) is 85.5 cm³/mol. The van der Waals surface area contributed by atoms with Crippen molar-refractivity contribution < 1.29 is 14.7 Å². The number of aromatic nitrogens is 1. The number of carbonyl (C=O) groups is 2. The molecule has 118 valence electrons. The molecule has 1 heterocycles. The van der Waals surface area contributed by atoms with E-state index in [0.717, 1.165) is 12.8 Å². The highest BCUT2D eigenvalue weighted by atomic mass is 16.4. The number of carboxylic acid groups (broad SMARTS) is 1. The van der Waals surface area contributed by atoms with Gasteiger partial charge in [0.05, 0.1) is 17.3 Å². The van der Waals surface area contributed by atoms with Gasteiger partial charge in [-0.2, -0.15) is 0 Å². The molecule has 1 amide bonds. The standard InChI is InChI=1S/C18H18N2O3/c1-11-13(18(22)23)8-9-15(19-11)17(21)20(2)16-10-7-12-5-3-4-6-14(12)16/h3-6,8-9,16H,7,10H2,1-2H3,(H,22,23). The number of hydrogen-bond acceptors (Lipinski definition) is 3. The summed E-state index contributed by atoms with van der Waals surface area (Å²) in [5.41, 5.74) is 3.21. The van der Waals surface area contributed by atoms with Crippen LogP contribution in [0.25, 0.3) is 0 Å². The van der Waals surface area contributed by atoms with Gasteiger partial charge in [-0.3, -0.25) is 4.79 Å². The molecular formula is C18H18N2O3. The zero-order valence-electron chi connectivity index (χ0n) is 13.1. The fourth-order valence-corrected chi connectivity index (χ4v) is 3.17. The average molecular weight is 310 g/mol. The molecule has 0 bridgehead atoms. The lowest BCUT2D eigenvalue weighted by atomic mass is 10.1. The molecule has 5 nitrogen and oxygen atoms in total. The number of rotatable bonds is 3. The fraction of sp³-hybridized carbons (Fsp3) is 0.278. The predicted octanol–water partition coefficient (Wildman–Crippen LogP) is 2.85. The van der Waals surface area contributed by atoms with E-state index in [-0.39, 0.29) is 23.2 Å². The van der Waals surface area contributed by atoms with Gasteiger partial charge in [0.1, 0.15) is 5.69 Å². The normalized spacial score (nSPS) is 16.0. The van der Waals surface area contributed by atoms with Crippen molar-refractivity contribution in [3.8, 4) is 0 Å². The van der Waals surface area contributed by atoms with Gasteiger partial charge in [0.2, 0.25) is 0 Å². The minimum atomic E-state index is -1.04. The summed E-state index contributed by atoms with van der Waals surface area (Å²) in [6.07, 6.45) is 1.86. The first kappa shape index (κ1) is 15.2. The third-order valence-electron chi connectivity index (χ3n) is 4.42. The summed E-state index contributed by atoms with van der Waals surface area (Å²) in [6, 6.07) is 11.1. The van der Waals surface area contributed by atoms with Gasteiger partial charge in [0.25, 0.3) is 5.91 Å². The molecule has 0 spiro atoms. The van der Waals surface area contributed by atoms with Gasteiger partial charge in [-0.05, 0) is 43.0 Å². The SMILES string of the molecule is Cc1nc(C(=O)N(C)C2CCc3ccccc32)ccc1C(=O)O. The maximum Gasteiger partial charge on any atom is 0.337 e. The van der Waals surface area contributed by atoms with E-state index in [1.807, 2.05) is 12.1 Å². The van der Waals surface area contributed by atoms with E-state index in [1.54, 1.807) is 18.9 Å². The number of hydrogen-bond donors (Lipinski definition) is 1. The molecule has 0 aliphatic heterocycles. The first-order valence-corrected chi connectivity index (χ1v) is 7.55. The fourth-order valence-electron chi connectivity index (χ4n) is 3.17. The number of nitrogens with zero attached hydrogens (tertiary/aromatic N) is 2. The van der Waals surface area contributed by atoms with Gasteiger partial charge >= 0.3 is 5.97 Å². The summed E-state index contributed by atoms with van der Waals surface area (Å²) >= 11 is 0. The zero-order chi connectivity index (χ0) is 16.6. The summed E-state index contributed by atoms with van der Waals surface area (Å²) in [7, 11) is 1.78. The topological polar surface area (TPSA) is 70.5 Å². The van der Waals surface area contributed by atoms with Crippen LogP contribution in [0.5, 0.6) is 0 Å². The van der Waals surface area contributed by atoms with Crippen LogP contribution in [0.4, 0.5) is 0 Å². The second-order valence-corrected chi connectivity index (χ2v) is 5.80. The molecule has 1 aromatic carbocycles. The maximum atomic E-state index is 12.7. The minimum Gasteiger partial charge on any atom is -0.478 e. The van der Waals surface area contributed by atoms with Crippen LogP contribution in [0.1, 0.15) is 50.1 Å². The summed E-state index contributed by atoms with van der Waals surface area (Å²) in [5, 5.41) is 9.05. The van der Waals surface area contributed by atoms with Gasteiger partial charge in [0.15, 0.2) is 0 Å². The second kappa shape index (κ2) is 5.83. The lowest BCUT2D eigenvalue weighted by Crippen LogP contribution is -2.31. The highest BCUT2D eigenvalue weighted by Gasteiger charge is 2.29. The molecule has 0 fully saturated rings. The van der Waals surface area contributed by atoms with Crippen LogP contribution in [0.2, 0.25) is 0 Å². The average Bonchev–Trinajstić information content (AvgIpc) is 2.97. The van der Waals surface area contributed by atoms with Crippen molar-refractivity contribution in [1.82, 2.24) is 9.88 Å². The summed E-state index contributed by atoms with van der Waals surface area (Å²) in [5.74, 6) is -1.22. The molecule has 2 aromatic rings. The number of carbonyl (C=O) groups excluding carboxylic acids is 1. The molecule has 3 rings (SSSR count). The molecule has 0 saturated heterocycles. The Bertz CT molecular complexity index is 786. The van der Waals surface area contributed by atoms with Crippen LogP contribution in [0, 0.1) is 6.92 Å². The third-order valence-corrected chi connectivity index (χ3v) is 4.42. The molecule has 1 aliphatic carbocycles. The van der Waals surface area contributed by atoms with E-state index in [9.17, 15) is 9.59 Å². The van der Waals surface area contributed by atoms with Crippen LogP contribution in [0.15, 0.2) is 36.4 Å². The quantitative estimate of drug-likeness (QED) is 0.946. The van der Waals surface area contributed by atoms with E-state index >= 15 is 0 Å². The van der Waals surface area contributed by atoms with E-state index < -0.39 is 5.97 Å². The minimum absolute atomic E-state index is 0.0416. The highest BCUT2D eigenvalue weighted by molar-refractivity contribution is 5.94. The lowest BCUT2D eigenvalue weighted by Gasteiger charge is -2.25. The van der Waals surface area contributed by atoms with Crippen molar-refractivity contribution >= 4 is 11.9 Å². The molecule has 1 N–H and O–H groups in total. The first-order chi connectivity index (χ1) is 11.0. The molecule has 1 unspecified atom stereocenters. The van der Waals surface area contributed by atoms with E-state index in [4.69, 9.17) is 5.11 Å². The Kier molecular flexibility index (Phi) is 3.86. The van der Waals surface area contributed by atoms with E-state index in [2.05, 4.69) is 17.1 Å². The van der Waals surface area contributed by atoms with Gasteiger partial charge in [-0.25, -0.2) is 9.78 Å². The molecule has 1 aromatic heterocycles. The molecule has 0 radical (unpaired) electrons. The van der Waals surface area contributed by atoms with E-state index in [0.29, 0.717) is 5.69 Å². The monoisotopic (exact) mass is 310 g/mol. The Morgan fingerprint density at radius 1 is 1.22 bits per heavy atom. The van der Waals surface area contributed by atoms with Crippen LogP contribution in [0.3, 0.4) is 0 Å². The van der Waals surface area contributed by atoms with Crippen molar-refractivity contribution in [3.05, 3.63) is 64.5 Å². The van der Waals surface area contributed by atoms with Gasteiger partial charge in [-0.1, -0.05) is 24.3 Å². The zero-order valence-corrected chi connectivity index (χ0v) is 13.1. The lowest BCUT2D eigenvalue weighted by molar-refractivity contribution is 0.0688. The number of carboxylic acids is 1. The Morgan fingerprint density at radius 2 is 1.96 bits per heavy atom. The molecule has 5 heteroatoms. The smallest absolute Gasteiger partial charge is 0.337 e. The van der Waals surface area contributed by atoms with Crippen molar-refractivity contribution in [3.63, 3.8) is 0 Å². The number of pyridine rings is 1. The van der Waals surface area contributed by atoms with Crippen LogP contribution < -0.4 is 0 Å². The second-order valence-electron chi connectivity index (χ2n) is 5.80. The molecule has 1 aliphatic rings.